The van der Waals surface area contributed by atoms with E-state index < -0.39 is 0 Å². The van der Waals surface area contributed by atoms with Crippen LogP contribution in [0.1, 0.15) is 22.8 Å². The molecule has 4 heteroatoms. The molecule has 0 fully saturated rings. The highest BCUT2D eigenvalue weighted by Crippen LogP contribution is 2.17. The number of nitrogens with one attached hydrogen (secondary N) is 1. The molecular formula is C11H13Cl2NO. The fraction of sp³-hybridized carbons (Fsp3) is 0.364. The molecule has 1 N–H and O–H groups in total. The topological polar surface area (TPSA) is 29.1 Å². The molecule has 0 aliphatic carbocycles. The largest absolute Gasteiger partial charge is 0.348 e. The van der Waals surface area contributed by atoms with Crippen molar-refractivity contribution in [1.29, 1.82) is 0 Å². The summed E-state index contributed by atoms with van der Waals surface area (Å²) in [7, 11) is 0. The highest BCUT2D eigenvalue weighted by Gasteiger charge is 2.12. The fourth-order valence-corrected chi connectivity index (χ4v) is 1.54. The molecule has 1 aromatic carbocycles. The Balaban J connectivity index is 2.82. The molecule has 0 saturated heterocycles. The molecule has 0 aromatic heterocycles. The second-order valence-corrected chi connectivity index (χ2v) is 4.23. The molecule has 1 atom stereocenters. The summed E-state index contributed by atoms with van der Waals surface area (Å²) in [6.07, 6.45) is 0. The van der Waals surface area contributed by atoms with Crippen molar-refractivity contribution in [3.05, 3.63) is 34.3 Å². The van der Waals surface area contributed by atoms with Crippen molar-refractivity contribution in [2.24, 2.45) is 0 Å². The Kier molecular flexibility index (Phi) is 4.43. The maximum atomic E-state index is 11.7. The normalized spacial score (nSPS) is 12.3. The molecule has 82 valence electrons. The van der Waals surface area contributed by atoms with Crippen LogP contribution >= 0.6 is 23.2 Å². The minimum Gasteiger partial charge on any atom is -0.348 e. The number of carbonyl (C=O) groups excluding carboxylic acids is 1. The standard InChI is InChI=1S/C11H13Cl2NO/c1-7-3-4-9(10(13)5-7)11(15)14-8(2)6-12/h3-5,8H,6H2,1-2H3,(H,14,15). The molecule has 1 aromatic rings. The van der Waals surface area contributed by atoms with E-state index in [0.717, 1.165) is 5.56 Å². The lowest BCUT2D eigenvalue weighted by molar-refractivity contribution is 0.0943. The molecule has 2 nitrogen and oxygen atoms in total. The van der Waals surface area contributed by atoms with E-state index in [1.54, 1.807) is 12.1 Å². The third-order valence-corrected chi connectivity index (χ3v) is 2.75. The van der Waals surface area contributed by atoms with Crippen LogP contribution in [0.5, 0.6) is 0 Å². The minimum atomic E-state index is -0.187. The van der Waals surface area contributed by atoms with Gasteiger partial charge in [0.15, 0.2) is 0 Å². The highest BCUT2D eigenvalue weighted by molar-refractivity contribution is 6.33. The zero-order chi connectivity index (χ0) is 11.4. The van der Waals surface area contributed by atoms with E-state index in [9.17, 15) is 4.79 Å². The Morgan fingerprint density at radius 1 is 1.53 bits per heavy atom. The van der Waals surface area contributed by atoms with Gasteiger partial charge in [-0.25, -0.2) is 0 Å². The summed E-state index contributed by atoms with van der Waals surface area (Å²) in [5.74, 6) is 0.197. The Morgan fingerprint density at radius 3 is 2.73 bits per heavy atom. The van der Waals surface area contributed by atoms with Crippen LogP contribution in [0.2, 0.25) is 5.02 Å². The second kappa shape index (κ2) is 5.38. The van der Waals surface area contributed by atoms with Crippen molar-refractivity contribution < 1.29 is 4.79 Å². The summed E-state index contributed by atoms with van der Waals surface area (Å²) < 4.78 is 0. The van der Waals surface area contributed by atoms with E-state index >= 15 is 0 Å². The van der Waals surface area contributed by atoms with E-state index in [4.69, 9.17) is 23.2 Å². The van der Waals surface area contributed by atoms with Gasteiger partial charge in [0, 0.05) is 11.9 Å². The second-order valence-electron chi connectivity index (χ2n) is 3.51. The molecule has 1 amide bonds. The predicted molar refractivity (Wildman–Crippen MR) is 63.8 cm³/mol. The Bertz CT molecular complexity index is 366. The summed E-state index contributed by atoms with van der Waals surface area (Å²) in [6, 6.07) is 5.28. The number of hydrogen-bond donors (Lipinski definition) is 1. The zero-order valence-electron chi connectivity index (χ0n) is 8.68. The average Bonchev–Trinajstić information content (AvgIpc) is 2.17. The molecule has 1 rings (SSSR count). The van der Waals surface area contributed by atoms with Crippen LogP contribution in [0.25, 0.3) is 0 Å². The van der Waals surface area contributed by atoms with E-state index in [0.29, 0.717) is 16.5 Å². The van der Waals surface area contributed by atoms with Crippen LogP contribution in [0.4, 0.5) is 0 Å². The van der Waals surface area contributed by atoms with Crippen molar-refractivity contribution in [1.82, 2.24) is 5.32 Å². The van der Waals surface area contributed by atoms with E-state index in [1.165, 1.54) is 0 Å². The van der Waals surface area contributed by atoms with Crippen molar-refractivity contribution in [2.45, 2.75) is 19.9 Å². The number of amides is 1. The Hall–Kier alpha value is -0.730. The SMILES string of the molecule is Cc1ccc(C(=O)NC(C)CCl)c(Cl)c1. The van der Waals surface area contributed by atoms with Gasteiger partial charge in [-0.15, -0.1) is 11.6 Å². The monoisotopic (exact) mass is 245 g/mol. The van der Waals surface area contributed by atoms with Crippen molar-refractivity contribution in [2.75, 3.05) is 5.88 Å². The number of halogens is 2. The van der Waals surface area contributed by atoms with Crippen molar-refractivity contribution in [3.63, 3.8) is 0 Å². The van der Waals surface area contributed by atoms with Crippen LogP contribution in [-0.2, 0) is 0 Å². The average molecular weight is 246 g/mol. The quantitative estimate of drug-likeness (QED) is 0.816. The molecule has 0 saturated carbocycles. The van der Waals surface area contributed by atoms with Gasteiger partial charge in [-0.05, 0) is 31.5 Å². The van der Waals surface area contributed by atoms with E-state index in [1.807, 2.05) is 19.9 Å². The lowest BCUT2D eigenvalue weighted by atomic mass is 10.1. The van der Waals surface area contributed by atoms with Gasteiger partial charge in [0.1, 0.15) is 0 Å². The number of carbonyl (C=O) groups is 1. The summed E-state index contributed by atoms with van der Waals surface area (Å²) in [5, 5.41) is 3.22. The molecule has 1 unspecified atom stereocenters. The molecule has 0 spiro atoms. The van der Waals surface area contributed by atoms with Gasteiger partial charge in [0.25, 0.3) is 5.91 Å². The summed E-state index contributed by atoms with van der Waals surface area (Å²) in [5.41, 5.74) is 1.51. The van der Waals surface area contributed by atoms with Crippen LogP contribution < -0.4 is 5.32 Å². The first-order chi connectivity index (χ1) is 7.04. The molecular weight excluding hydrogens is 233 g/mol. The van der Waals surface area contributed by atoms with Crippen LogP contribution in [0.15, 0.2) is 18.2 Å². The Labute approximate surface area is 99.6 Å². The van der Waals surface area contributed by atoms with Crippen LogP contribution in [-0.4, -0.2) is 17.8 Å². The van der Waals surface area contributed by atoms with Crippen molar-refractivity contribution in [3.8, 4) is 0 Å². The first-order valence-electron chi connectivity index (χ1n) is 4.67. The minimum absolute atomic E-state index is 0.0588. The van der Waals surface area contributed by atoms with Crippen LogP contribution in [0, 0.1) is 6.92 Å². The van der Waals surface area contributed by atoms with E-state index in [-0.39, 0.29) is 11.9 Å². The number of aryl methyl sites for hydroxylation is 1. The number of hydrogen-bond acceptors (Lipinski definition) is 1. The van der Waals surface area contributed by atoms with Gasteiger partial charge >= 0.3 is 0 Å². The van der Waals surface area contributed by atoms with Crippen LogP contribution in [0.3, 0.4) is 0 Å². The van der Waals surface area contributed by atoms with Gasteiger partial charge in [0.2, 0.25) is 0 Å². The maximum absolute atomic E-state index is 11.7. The molecule has 0 aliphatic heterocycles. The molecule has 0 aliphatic rings. The van der Waals surface area contributed by atoms with Crippen molar-refractivity contribution >= 4 is 29.1 Å². The van der Waals surface area contributed by atoms with Gasteiger partial charge in [-0.1, -0.05) is 17.7 Å². The third-order valence-electron chi connectivity index (χ3n) is 1.98. The number of rotatable bonds is 3. The highest BCUT2D eigenvalue weighted by atomic mass is 35.5. The predicted octanol–water partition coefficient (Wildman–Crippen LogP) is 3.01. The zero-order valence-corrected chi connectivity index (χ0v) is 10.2. The maximum Gasteiger partial charge on any atom is 0.253 e. The third kappa shape index (κ3) is 3.40. The summed E-state index contributed by atoms with van der Waals surface area (Å²) >= 11 is 11.6. The molecule has 0 bridgehead atoms. The molecule has 0 heterocycles. The van der Waals surface area contributed by atoms with Gasteiger partial charge in [0.05, 0.1) is 10.6 Å². The molecule has 0 radical (unpaired) electrons. The van der Waals surface area contributed by atoms with Gasteiger partial charge in [-0.3, -0.25) is 4.79 Å². The lowest BCUT2D eigenvalue weighted by Gasteiger charge is -2.11. The van der Waals surface area contributed by atoms with E-state index in [2.05, 4.69) is 5.32 Å². The first kappa shape index (κ1) is 12.3. The summed E-state index contributed by atoms with van der Waals surface area (Å²) in [6.45, 7) is 3.77. The number of benzene rings is 1. The lowest BCUT2D eigenvalue weighted by Crippen LogP contribution is -2.33. The van der Waals surface area contributed by atoms with Gasteiger partial charge in [-0.2, -0.15) is 0 Å². The van der Waals surface area contributed by atoms with Gasteiger partial charge < -0.3 is 5.32 Å². The molecule has 15 heavy (non-hydrogen) atoms. The summed E-state index contributed by atoms with van der Waals surface area (Å²) in [4.78, 5) is 11.7. The Morgan fingerprint density at radius 2 is 2.20 bits per heavy atom. The fourth-order valence-electron chi connectivity index (χ4n) is 1.14. The number of alkyl halides is 1. The first-order valence-corrected chi connectivity index (χ1v) is 5.59. The smallest absolute Gasteiger partial charge is 0.253 e.